The van der Waals surface area contributed by atoms with Crippen molar-refractivity contribution in [1.82, 2.24) is 0 Å². The Balaban J connectivity index is 1.72. The molecule has 7 nitrogen and oxygen atoms in total. The summed E-state index contributed by atoms with van der Waals surface area (Å²) in [5.41, 5.74) is 0. The van der Waals surface area contributed by atoms with Gasteiger partial charge < -0.3 is 28.4 Å². The van der Waals surface area contributed by atoms with Crippen molar-refractivity contribution >= 4 is 17.6 Å². The van der Waals surface area contributed by atoms with Crippen molar-refractivity contribution in [2.24, 2.45) is 0 Å². The van der Waals surface area contributed by atoms with Gasteiger partial charge in [0.1, 0.15) is 36.1 Å². The van der Waals surface area contributed by atoms with Gasteiger partial charge in [0.05, 0.1) is 0 Å². The molecule has 3 aliphatic rings. The van der Waals surface area contributed by atoms with Gasteiger partial charge in [0.15, 0.2) is 17.9 Å². The van der Waals surface area contributed by atoms with Crippen LogP contribution >= 0.6 is 11.6 Å². The van der Waals surface area contributed by atoms with Crippen LogP contribution in [0.1, 0.15) is 27.7 Å². The monoisotopic (exact) mass is 348 g/mol. The van der Waals surface area contributed by atoms with Crippen LogP contribution in [0.15, 0.2) is 11.6 Å². The number of hydrogen-bond donors (Lipinski definition) is 0. The van der Waals surface area contributed by atoms with Crippen molar-refractivity contribution < 1.29 is 33.2 Å². The Morgan fingerprint density at radius 2 is 1.65 bits per heavy atom. The van der Waals surface area contributed by atoms with E-state index in [0.717, 1.165) is 0 Å². The molecule has 5 atom stereocenters. The maximum absolute atomic E-state index is 11.5. The summed E-state index contributed by atoms with van der Waals surface area (Å²) < 4.78 is 34.4. The number of ether oxygens (including phenoxy) is 6. The lowest BCUT2D eigenvalue weighted by Crippen LogP contribution is -2.57. The molecule has 0 N–H and O–H groups in total. The van der Waals surface area contributed by atoms with E-state index in [4.69, 9.17) is 40.0 Å². The zero-order chi connectivity index (χ0) is 17.0. The third kappa shape index (κ3) is 3.40. The molecule has 0 aromatic heterocycles. The number of carbonyl (C=O) groups excluding carboxylic acids is 1. The van der Waals surface area contributed by atoms with Crippen molar-refractivity contribution in [2.45, 2.75) is 70.0 Å². The summed E-state index contributed by atoms with van der Waals surface area (Å²) in [7, 11) is 0. The minimum absolute atomic E-state index is 0.0264. The largest absolute Gasteiger partial charge is 0.459 e. The van der Waals surface area contributed by atoms with Gasteiger partial charge in [-0.1, -0.05) is 18.2 Å². The molecule has 0 amide bonds. The van der Waals surface area contributed by atoms with Crippen LogP contribution in [-0.2, 0) is 33.2 Å². The molecular weight excluding hydrogens is 328 g/mol. The van der Waals surface area contributed by atoms with Gasteiger partial charge in [0.25, 0.3) is 0 Å². The first-order valence-corrected chi connectivity index (χ1v) is 7.84. The predicted octanol–water partition coefficient (Wildman–Crippen LogP) is 1.68. The van der Waals surface area contributed by atoms with E-state index in [1.54, 1.807) is 13.8 Å². The van der Waals surface area contributed by atoms with Crippen LogP contribution in [0.3, 0.4) is 0 Å². The molecule has 0 saturated carbocycles. The summed E-state index contributed by atoms with van der Waals surface area (Å²) >= 11 is 5.52. The Kier molecular flexibility index (Phi) is 4.23. The lowest BCUT2D eigenvalue weighted by Gasteiger charge is -2.43. The Morgan fingerprint density at radius 3 is 2.30 bits per heavy atom. The van der Waals surface area contributed by atoms with Crippen LogP contribution in [0.25, 0.3) is 0 Å². The maximum Gasteiger partial charge on any atom is 0.349 e. The number of halogens is 1. The fourth-order valence-corrected chi connectivity index (χ4v) is 3.14. The molecule has 0 bridgehead atoms. The van der Waals surface area contributed by atoms with E-state index >= 15 is 0 Å². The highest BCUT2D eigenvalue weighted by Crippen LogP contribution is 2.44. The second-order valence-electron chi connectivity index (χ2n) is 6.71. The lowest BCUT2D eigenvalue weighted by molar-refractivity contribution is -0.347. The highest BCUT2D eigenvalue weighted by molar-refractivity contribution is 6.40. The van der Waals surface area contributed by atoms with Crippen LogP contribution in [-0.4, -0.2) is 54.9 Å². The Morgan fingerprint density at radius 1 is 1.04 bits per heavy atom. The first kappa shape index (κ1) is 17.1. The van der Waals surface area contributed by atoms with Gasteiger partial charge in [0.2, 0.25) is 0 Å². The van der Waals surface area contributed by atoms with Crippen LogP contribution < -0.4 is 0 Å². The van der Waals surface area contributed by atoms with E-state index in [-0.39, 0.29) is 23.8 Å². The second-order valence-corrected chi connectivity index (χ2v) is 7.17. The smallest absolute Gasteiger partial charge is 0.349 e. The third-order valence-electron chi connectivity index (χ3n) is 3.85. The highest BCUT2D eigenvalue weighted by atomic mass is 35.5. The topological polar surface area (TPSA) is 72.5 Å². The number of carbonyl (C=O) groups is 1. The number of fused-ring (bicyclic) bond motifs is 3. The molecule has 3 heterocycles. The molecule has 3 aliphatic heterocycles. The molecule has 0 aromatic carbocycles. The average molecular weight is 349 g/mol. The Hall–Kier alpha value is -0.700. The summed E-state index contributed by atoms with van der Waals surface area (Å²) in [6.45, 7) is 10.5. The van der Waals surface area contributed by atoms with Gasteiger partial charge in [-0.15, -0.1) is 0 Å². The molecule has 3 rings (SSSR count). The molecule has 0 unspecified atom stereocenters. The van der Waals surface area contributed by atoms with Crippen molar-refractivity contribution in [2.75, 3.05) is 6.61 Å². The van der Waals surface area contributed by atoms with E-state index in [1.807, 2.05) is 13.8 Å². The summed E-state index contributed by atoms with van der Waals surface area (Å²) in [5, 5.41) is -0.189. The second kappa shape index (κ2) is 5.68. The van der Waals surface area contributed by atoms with Gasteiger partial charge in [-0.3, -0.25) is 0 Å². The summed E-state index contributed by atoms with van der Waals surface area (Å²) in [5.74, 6) is -2.29. The molecule has 3 fully saturated rings. The molecule has 0 radical (unpaired) electrons. The molecule has 130 valence electrons. The van der Waals surface area contributed by atoms with Crippen molar-refractivity contribution in [3.8, 4) is 0 Å². The molecule has 23 heavy (non-hydrogen) atoms. The lowest BCUT2D eigenvalue weighted by atomic mass is 10.0. The predicted molar refractivity (Wildman–Crippen MR) is 78.5 cm³/mol. The van der Waals surface area contributed by atoms with Gasteiger partial charge in [-0.25, -0.2) is 4.79 Å². The van der Waals surface area contributed by atoms with Crippen LogP contribution in [0.2, 0.25) is 0 Å². The van der Waals surface area contributed by atoms with E-state index in [2.05, 4.69) is 6.58 Å². The summed E-state index contributed by atoms with van der Waals surface area (Å²) in [4.78, 5) is 11.5. The maximum atomic E-state index is 11.5. The molecule has 0 aromatic rings. The van der Waals surface area contributed by atoms with Gasteiger partial charge in [-0.05, 0) is 27.7 Å². The minimum atomic E-state index is -0.870. The molecule has 0 spiro atoms. The Labute approximate surface area is 139 Å². The van der Waals surface area contributed by atoms with Crippen LogP contribution in [0, 0.1) is 0 Å². The van der Waals surface area contributed by atoms with Gasteiger partial charge >= 0.3 is 5.97 Å². The van der Waals surface area contributed by atoms with E-state index in [0.29, 0.717) is 0 Å². The third-order valence-corrected chi connectivity index (χ3v) is 4.00. The quantitative estimate of drug-likeness (QED) is 0.567. The first-order chi connectivity index (χ1) is 10.6. The minimum Gasteiger partial charge on any atom is -0.459 e. The van der Waals surface area contributed by atoms with Crippen molar-refractivity contribution in [1.29, 1.82) is 0 Å². The van der Waals surface area contributed by atoms with E-state index in [9.17, 15) is 4.79 Å². The van der Waals surface area contributed by atoms with Crippen LogP contribution in [0.5, 0.6) is 0 Å². The molecular formula is C15H21ClO7. The molecule has 0 aliphatic carbocycles. The molecule has 3 saturated heterocycles. The SMILES string of the molecule is C=C(Cl)C(=O)OC[C@H]1OC(C)(C)O[C@@H]2[C@H]3OC(C)(C)O[C@H]3O[C@@H]21. The molecule has 8 heteroatoms. The van der Waals surface area contributed by atoms with Gasteiger partial charge in [0, 0.05) is 0 Å². The standard InChI is InChI=1S/C15H21ClO7/c1-7(16)12(17)18-6-8-9-10(21-14(2,3)20-8)11-13(19-9)23-15(4,5)22-11/h8-11,13H,1,6H2,2-5H3/t8-,9-,10+,11-,13-/m1/s1. The zero-order valence-electron chi connectivity index (χ0n) is 13.5. The first-order valence-electron chi connectivity index (χ1n) is 7.46. The number of hydrogen-bond acceptors (Lipinski definition) is 7. The van der Waals surface area contributed by atoms with Crippen LogP contribution in [0.4, 0.5) is 0 Å². The average Bonchev–Trinajstić information content (AvgIpc) is 2.87. The Bertz CT molecular complexity index is 518. The van der Waals surface area contributed by atoms with Crippen molar-refractivity contribution in [3.05, 3.63) is 11.6 Å². The zero-order valence-corrected chi connectivity index (χ0v) is 14.3. The highest BCUT2D eigenvalue weighted by Gasteiger charge is 2.61. The summed E-state index contributed by atoms with van der Waals surface area (Å²) in [6.07, 6.45) is -2.28. The number of esters is 1. The fourth-order valence-electron chi connectivity index (χ4n) is 3.09. The normalized spacial score (nSPS) is 40.3. The van der Waals surface area contributed by atoms with E-state index in [1.165, 1.54) is 0 Å². The van der Waals surface area contributed by atoms with Gasteiger partial charge in [-0.2, -0.15) is 0 Å². The number of rotatable bonds is 3. The van der Waals surface area contributed by atoms with Crippen molar-refractivity contribution in [3.63, 3.8) is 0 Å². The fraction of sp³-hybridized carbons (Fsp3) is 0.800. The van der Waals surface area contributed by atoms with E-state index < -0.39 is 36.0 Å². The summed E-state index contributed by atoms with van der Waals surface area (Å²) in [6, 6.07) is 0.